The molecule has 0 saturated heterocycles. The molecule has 0 aromatic heterocycles. The van der Waals surface area contributed by atoms with Crippen LogP contribution < -0.4 is 33.2 Å². The van der Waals surface area contributed by atoms with Crippen LogP contribution in [0.2, 0.25) is 0 Å². The van der Waals surface area contributed by atoms with E-state index >= 15 is 0 Å². The Morgan fingerprint density at radius 1 is 0.865 bits per heavy atom. The molecule has 206 valence electrons. The molecule has 0 aliphatic heterocycles. The summed E-state index contributed by atoms with van der Waals surface area (Å²) in [6, 6.07) is 4.18. The van der Waals surface area contributed by atoms with Crippen LogP contribution in [0.3, 0.4) is 0 Å². The van der Waals surface area contributed by atoms with Crippen molar-refractivity contribution in [3.05, 3.63) is 35.9 Å². The number of carbonyl (C=O) groups excluding carboxylic acids is 4. The van der Waals surface area contributed by atoms with E-state index in [0.29, 0.717) is 31.4 Å². The zero-order valence-corrected chi connectivity index (χ0v) is 21.4. The number of aliphatic carboxylic acids is 1. The maximum absolute atomic E-state index is 13.0. The molecule has 0 heterocycles. The third kappa shape index (κ3) is 12.3. The van der Waals surface area contributed by atoms with Gasteiger partial charge in [-0.05, 0) is 37.3 Å². The summed E-state index contributed by atoms with van der Waals surface area (Å²) in [5.41, 5.74) is 17.3. The van der Waals surface area contributed by atoms with Crippen LogP contribution in [-0.2, 0) is 30.4 Å². The second-order valence-electron chi connectivity index (χ2n) is 9.40. The molecule has 4 unspecified atom stereocenters. The molecule has 37 heavy (non-hydrogen) atoms. The van der Waals surface area contributed by atoms with Crippen molar-refractivity contribution < 1.29 is 29.1 Å². The van der Waals surface area contributed by atoms with Crippen molar-refractivity contribution in [1.29, 1.82) is 0 Å². The predicted molar refractivity (Wildman–Crippen MR) is 138 cm³/mol. The summed E-state index contributed by atoms with van der Waals surface area (Å²) in [5.74, 6) is -4.26. The number of unbranched alkanes of at least 4 members (excludes halogenated alkanes) is 1. The van der Waals surface area contributed by atoms with Crippen molar-refractivity contribution >= 4 is 29.6 Å². The molecule has 0 spiro atoms. The normalized spacial score (nSPS) is 14.2. The highest BCUT2D eigenvalue weighted by atomic mass is 16.4. The van der Waals surface area contributed by atoms with Crippen molar-refractivity contribution in [3.63, 3.8) is 0 Å². The van der Waals surface area contributed by atoms with E-state index in [1.165, 1.54) is 0 Å². The number of hydrogen-bond acceptors (Lipinski definition) is 7. The molecule has 12 heteroatoms. The zero-order valence-electron chi connectivity index (χ0n) is 21.4. The highest BCUT2D eigenvalue weighted by molar-refractivity contribution is 5.96. The topological polar surface area (TPSA) is 220 Å². The first-order valence-electron chi connectivity index (χ1n) is 12.4. The largest absolute Gasteiger partial charge is 0.480 e. The number of amides is 4. The summed E-state index contributed by atoms with van der Waals surface area (Å²) in [7, 11) is 0. The van der Waals surface area contributed by atoms with Crippen LogP contribution in [0, 0.1) is 5.92 Å². The quantitative estimate of drug-likeness (QED) is 0.128. The van der Waals surface area contributed by atoms with Crippen molar-refractivity contribution in [1.82, 2.24) is 16.0 Å². The standard InChI is InChI=1S/C25H40N6O6/c1-15(2)12-18(23(34)31-20(25(36)37)13-16-8-4-3-5-9-16)30-24(35)19(14-21(28)32)29-22(33)17(27)10-6-7-11-26/h3-5,8-9,15,17-20H,6-7,10-14,26-27H2,1-2H3,(H2,28,32)(H,29,33)(H,30,35)(H,31,34)(H,36,37). The van der Waals surface area contributed by atoms with Crippen LogP contribution >= 0.6 is 0 Å². The lowest BCUT2D eigenvalue weighted by molar-refractivity contribution is -0.142. The van der Waals surface area contributed by atoms with Crippen LogP contribution in [-0.4, -0.2) is 65.4 Å². The van der Waals surface area contributed by atoms with Gasteiger partial charge >= 0.3 is 5.97 Å². The SMILES string of the molecule is CC(C)CC(NC(=O)C(CC(N)=O)NC(=O)C(N)CCCCN)C(=O)NC(Cc1ccccc1)C(=O)O. The lowest BCUT2D eigenvalue weighted by Crippen LogP contribution is -2.58. The Balaban J connectivity index is 2.96. The average molecular weight is 521 g/mol. The van der Waals surface area contributed by atoms with Crippen LogP contribution in [0.1, 0.15) is 51.5 Å². The fourth-order valence-electron chi connectivity index (χ4n) is 3.63. The minimum absolute atomic E-state index is 0.0476. The van der Waals surface area contributed by atoms with Gasteiger partial charge in [-0.25, -0.2) is 4.79 Å². The molecule has 12 nitrogen and oxygen atoms in total. The number of rotatable bonds is 17. The van der Waals surface area contributed by atoms with Gasteiger partial charge < -0.3 is 38.3 Å². The zero-order chi connectivity index (χ0) is 28.0. The number of carboxylic acid groups (broad SMARTS) is 1. The van der Waals surface area contributed by atoms with Crippen molar-refractivity contribution in [2.45, 2.75) is 76.5 Å². The fourth-order valence-corrected chi connectivity index (χ4v) is 3.63. The molecule has 4 atom stereocenters. The van der Waals surface area contributed by atoms with E-state index in [1.54, 1.807) is 30.3 Å². The van der Waals surface area contributed by atoms with E-state index < -0.39 is 60.2 Å². The minimum Gasteiger partial charge on any atom is -0.480 e. The molecule has 1 aromatic carbocycles. The highest BCUT2D eigenvalue weighted by Gasteiger charge is 2.31. The molecular formula is C25H40N6O6. The Morgan fingerprint density at radius 3 is 1.97 bits per heavy atom. The maximum Gasteiger partial charge on any atom is 0.326 e. The van der Waals surface area contributed by atoms with Gasteiger partial charge in [-0.2, -0.15) is 0 Å². The summed E-state index contributed by atoms with van der Waals surface area (Å²) in [4.78, 5) is 61.9. The van der Waals surface area contributed by atoms with E-state index in [2.05, 4.69) is 16.0 Å². The second kappa shape index (κ2) is 16.3. The molecule has 0 fully saturated rings. The third-order valence-electron chi connectivity index (χ3n) is 5.58. The van der Waals surface area contributed by atoms with Gasteiger partial charge in [-0.1, -0.05) is 50.6 Å². The van der Waals surface area contributed by atoms with Gasteiger partial charge in [0.15, 0.2) is 0 Å². The first-order valence-corrected chi connectivity index (χ1v) is 12.4. The summed E-state index contributed by atoms with van der Waals surface area (Å²) >= 11 is 0. The lowest BCUT2D eigenvalue weighted by atomic mass is 10.0. The van der Waals surface area contributed by atoms with Gasteiger partial charge in [-0.3, -0.25) is 19.2 Å². The molecule has 0 bridgehead atoms. The van der Waals surface area contributed by atoms with E-state index in [-0.39, 0.29) is 18.8 Å². The Hall–Kier alpha value is -3.51. The van der Waals surface area contributed by atoms with E-state index in [0.717, 1.165) is 0 Å². The molecule has 1 rings (SSSR count). The molecule has 1 aromatic rings. The van der Waals surface area contributed by atoms with Gasteiger partial charge in [0.05, 0.1) is 12.5 Å². The third-order valence-corrected chi connectivity index (χ3v) is 5.58. The summed E-state index contributed by atoms with van der Waals surface area (Å²) in [6.45, 7) is 4.11. The van der Waals surface area contributed by atoms with E-state index in [9.17, 15) is 29.1 Å². The number of carboxylic acids is 1. The van der Waals surface area contributed by atoms with Gasteiger partial charge in [0, 0.05) is 6.42 Å². The first-order chi connectivity index (χ1) is 17.4. The van der Waals surface area contributed by atoms with E-state index in [1.807, 2.05) is 13.8 Å². The number of nitrogens with two attached hydrogens (primary N) is 3. The summed E-state index contributed by atoms with van der Waals surface area (Å²) < 4.78 is 0. The number of hydrogen-bond donors (Lipinski definition) is 7. The minimum atomic E-state index is -1.35. The highest BCUT2D eigenvalue weighted by Crippen LogP contribution is 2.09. The lowest BCUT2D eigenvalue weighted by Gasteiger charge is -2.25. The molecule has 0 aliphatic rings. The Kier molecular flexibility index (Phi) is 13.9. The Bertz CT molecular complexity index is 910. The van der Waals surface area contributed by atoms with Crippen LogP contribution in [0.4, 0.5) is 0 Å². The summed E-state index contributed by atoms with van der Waals surface area (Å²) in [6.07, 6.45) is 1.36. The Labute approximate surface area is 217 Å². The smallest absolute Gasteiger partial charge is 0.326 e. The molecule has 0 saturated carbocycles. The van der Waals surface area contributed by atoms with E-state index in [4.69, 9.17) is 17.2 Å². The van der Waals surface area contributed by atoms with Crippen LogP contribution in [0.5, 0.6) is 0 Å². The number of carbonyl (C=O) groups is 5. The Morgan fingerprint density at radius 2 is 1.43 bits per heavy atom. The fraction of sp³-hybridized carbons (Fsp3) is 0.560. The molecule has 10 N–H and O–H groups in total. The summed E-state index contributed by atoms with van der Waals surface area (Å²) in [5, 5.41) is 17.1. The second-order valence-corrected chi connectivity index (χ2v) is 9.40. The number of nitrogens with one attached hydrogen (secondary N) is 3. The molecule has 0 radical (unpaired) electrons. The van der Waals surface area contributed by atoms with Gasteiger partial charge in [0.1, 0.15) is 18.1 Å². The molecule has 4 amide bonds. The van der Waals surface area contributed by atoms with Crippen LogP contribution in [0.25, 0.3) is 0 Å². The molecular weight excluding hydrogens is 480 g/mol. The van der Waals surface area contributed by atoms with Gasteiger partial charge in [0.25, 0.3) is 0 Å². The van der Waals surface area contributed by atoms with Crippen molar-refractivity contribution in [3.8, 4) is 0 Å². The number of benzene rings is 1. The monoisotopic (exact) mass is 520 g/mol. The molecule has 0 aliphatic carbocycles. The average Bonchev–Trinajstić information content (AvgIpc) is 2.82. The first kappa shape index (κ1) is 31.5. The van der Waals surface area contributed by atoms with Gasteiger partial charge in [-0.15, -0.1) is 0 Å². The van der Waals surface area contributed by atoms with Crippen molar-refractivity contribution in [2.75, 3.05) is 6.54 Å². The van der Waals surface area contributed by atoms with Crippen LogP contribution in [0.15, 0.2) is 30.3 Å². The van der Waals surface area contributed by atoms with Gasteiger partial charge in [0.2, 0.25) is 23.6 Å². The predicted octanol–water partition coefficient (Wildman–Crippen LogP) is -0.854. The maximum atomic E-state index is 13.0. The number of primary amides is 1. The van der Waals surface area contributed by atoms with Crippen molar-refractivity contribution in [2.24, 2.45) is 23.1 Å².